The smallest absolute Gasteiger partial charge is 0.308 e. The molecule has 7 nitrogen and oxygen atoms in total. The number of nitrogens with zero attached hydrogens (tertiary/aromatic N) is 3. The Morgan fingerprint density at radius 1 is 1.28 bits per heavy atom. The van der Waals surface area contributed by atoms with Crippen LogP contribution in [-0.2, 0) is 4.79 Å². The van der Waals surface area contributed by atoms with Crippen molar-refractivity contribution in [1.82, 2.24) is 9.88 Å². The van der Waals surface area contributed by atoms with E-state index in [9.17, 15) is 9.90 Å². The molecule has 0 unspecified atom stereocenters. The van der Waals surface area contributed by atoms with Crippen LogP contribution in [0.15, 0.2) is 21.2 Å². The molecule has 1 saturated carbocycles. The molecule has 4 heterocycles. The van der Waals surface area contributed by atoms with Gasteiger partial charge in [0.1, 0.15) is 11.9 Å². The molecule has 152 valence electrons. The van der Waals surface area contributed by atoms with Crippen LogP contribution >= 0.6 is 15.9 Å². The van der Waals surface area contributed by atoms with Gasteiger partial charge < -0.3 is 14.8 Å². The molecule has 3 aliphatic rings. The number of aromatic nitrogens is 1. The third-order valence-corrected chi connectivity index (χ3v) is 7.80. The number of rotatable bonds is 4. The summed E-state index contributed by atoms with van der Waals surface area (Å²) in [7, 11) is 0. The first-order chi connectivity index (χ1) is 14.0. The Hall–Kier alpha value is -2.11. The molecule has 2 saturated heterocycles. The van der Waals surface area contributed by atoms with Crippen LogP contribution in [0.4, 0.5) is 5.82 Å². The molecule has 5 rings (SSSR count). The summed E-state index contributed by atoms with van der Waals surface area (Å²) in [5.41, 5.74) is 0.597. The Labute approximate surface area is 177 Å². The largest absolute Gasteiger partial charge is 0.481 e. The zero-order chi connectivity index (χ0) is 20.1. The molecule has 29 heavy (non-hydrogen) atoms. The Morgan fingerprint density at radius 2 is 2.03 bits per heavy atom. The van der Waals surface area contributed by atoms with E-state index in [2.05, 4.69) is 31.1 Å². The number of hydrogen-bond donors (Lipinski definition) is 2. The highest BCUT2D eigenvalue weighted by atomic mass is 79.9. The van der Waals surface area contributed by atoms with E-state index < -0.39 is 5.97 Å². The van der Waals surface area contributed by atoms with Crippen LogP contribution in [-0.4, -0.2) is 45.1 Å². The molecule has 1 aliphatic carbocycles. The molecule has 2 aliphatic heterocycles. The van der Waals surface area contributed by atoms with Crippen LogP contribution in [0.3, 0.4) is 0 Å². The third-order valence-electron chi connectivity index (χ3n) is 6.99. The second-order valence-electron chi connectivity index (χ2n) is 8.50. The van der Waals surface area contributed by atoms with Crippen LogP contribution < -0.4 is 5.32 Å². The summed E-state index contributed by atoms with van der Waals surface area (Å²) in [4.78, 5) is 18.6. The molecular weight excluding hydrogens is 436 g/mol. The first-order valence-electron chi connectivity index (χ1n) is 10.3. The Kier molecular flexibility index (Phi) is 4.75. The van der Waals surface area contributed by atoms with Crippen molar-refractivity contribution in [3.05, 3.63) is 22.5 Å². The topological polar surface area (TPSA) is 102 Å². The second-order valence-corrected chi connectivity index (χ2v) is 9.29. The van der Waals surface area contributed by atoms with Crippen LogP contribution in [0.25, 0.3) is 11.0 Å². The minimum absolute atomic E-state index is 0.176. The van der Waals surface area contributed by atoms with Crippen LogP contribution in [0.1, 0.15) is 50.7 Å². The van der Waals surface area contributed by atoms with Crippen molar-refractivity contribution in [3.63, 3.8) is 0 Å². The van der Waals surface area contributed by atoms with E-state index in [4.69, 9.17) is 9.68 Å². The number of halogens is 1. The molecule has 8 heteroatoms. The van der Waals surface area contributed by atoms with E-state index in [-0.39, 0.29) is 17.7 Å². The van der Waals surface area contributed by atoms with Crippen LogP contribution in [0.5, 0.6) is 0 Å². The number of pyridine rings is 1. The molecule has 0 radical (unpaired) electrons. The predicted molar refractivity (Wildman–Crippen MR) is 110 cm³/mol. The van der Waals surface area contributed by atoms with Gasteiger partial charge in [-0.1, -0.05) is 0 Å². The summed E-state index contributed by atoms with van der Waals surface area (Å²) in [5, 5.41) is 22.9. The minimum atomic E-state index is -0.623. The summed E-state index contributed by atoms with van der Waals surface area (Å²) < 4.78 is 6.26. The van der Waals surface area contributed by atoms with Crippen molar-refractivity contribution in [1.29, 1.82) is 5.26 Å². The van der Waals surface area contributed by atoms with Crippen molar-refractivity contribution in [3.8, 4) is 6.07 Å². The number of nitrogens with one attached hydrogen (secondary N) is 1. The van der Waals surface area contributed by atoms with Crippen molar-refractivity contribution in [2.45, 2.75) is 69.1 Å². The number of anilines is 1. The fraction of sp³-hybridized carbons (Fsp3) is 0.571. The Bertz CT molecular complexity index is 992. The molecule has 3 fully saturated rings. The normalized spacial score (nSPS) is 31.8. The summed E-state index contributed by atoms with van der Waals surface area (Å²) in [6.45, 7) is 0. The lowest BCUT2D eigenvalue weighted by molar-refractivity contribution is -0.142. The third kappa shape index (κ3) is 3.21. The lowest BCUT2D eigenvalue weighted by Crippen LogP contribution is -2.44. The highest BCUT2D eigenvalue weighted by Gasteiger charge is 2.51. The van der Waals surface area contributed by atoms with Gasteiger partial charge in [-0.05, 0) is 60.9 Å². The molecule has 2 aromatic rings. The van der Waals surface area contributed by atoms with E-state index in [0.717, 1.165) is 60.6 Å². The summed E-state index contributed by atoms with van der Waals surface area (Å²) >= 11 is 3.60. The molecule has 2 N–H and O–H groups in total. The van der Waals surface area contributed by atoms with Crippen molar-refractivity contribution >= 4 is 38.7 Å². The average molecular weight is 459 g/mol. The van der Waals surface area contributed by atoms with Gasteiger partial charge in [-0.2, -0.15) is 5.26 Å². The first kappa shape index (κ1) is 18.9. The van der Waals surface area contributed by atoms with Gasteiger partial charge in [-0.25, -0.2) is 4.98 Å². The first-order valence-corrected chi connectivity index (χ1v) is 11.1. The van der Waals surface area contributed by atoms with Crippen molar-refractivity contribution in [2.75, 3.05) is 5.32 Å². The average Bonchev–Trinajstić information content (AvgIpc) is 3.43. The van der Waals surface area contributed by atoms with Crippen LogP contribution in [0, 0.1) is 17.2 Å². The number of aliphatic carboxylic acids is 1. The van der Waals surface area contributed by atoms with E-state index in [1.54, 1.807) is 12.3 Å². The molecular formula is C21H23BrN4O3. The minimum Gasteiger partial charge on any atom is -0.481 e. The molecule has 2 bridgehead atoms. The highest BCUT2D eigenvalue weighted by molar-refractivity contribution is 9.10. The molecule has 3 atom stereocenters. The fourth-order valence-corrected chi connectivity index (χ4v) is 6.24. The number of carboxylic acid groups (broad SMARTS) is 1. The standard InChI is InChI=1S/C21H23BrN4O3/c22-19-16-8-14(9-23)29-18(16)10-24-20(19)25-11-1-3-12(4-2-11)26-13-5-6-17(26)15(7-13)21(27)28/h8,10-13,15,17H,1-7H2,(H,24,25)(H,27,28)/t11?,12?,13-,15-,17-/m1/s1. The Balaban J connectivity index is 1.24. The number of fused-ring (bicyclic) bond motifs is 3. The van der Waals surface area contributed by atoms with Gasteiger partial charge in [0.2, 0.25) is 5.76 Å². The SMILES string of the molecule is N#Cc1cc2c(Br)c(NC3CCC(N4[C@@H]5CC[C@@H]4[C@H](C(=O)O)C5)CC3)ncc2o1. The number of furan rings is 1. The monoisotopic (exact) mass is 458 g/mol. The fourth-order valence-electron chi connectivity index (χ4n) is 5.71. The summed E-state index contributed by atoms with van der Waals surface area (Å²) in [6, 6.07) is 5.29. The summed E-state index contributed by atoms with van der Waals surface area (Å²) in [6.07, 6.45) is 8.92. The highest BCUT2D eigenvalue weighted by Crippen LogP contribution is 2.45. The maximum Gasteiger partial charge on any atom is 0.308 e. The number of carboxylic acids is 1. The van der Waals surface area contributed by atoms with Gasteiger partial charge in [0.25, 0.3) is 0 Å². The quantitative estimate of drug-likeness (QED) is 0.709. The van der Waals surface area contributed by atoms with Gasteiger partial charge in [0.15, 0.2) is 5.58 Å². The van der Waals surface area contributed by atoms with Gasteiger partial charge in [-0.15, -0.1) is 0 Å². The molecule has 0 amide bonds. The lowest BCUT2D eigenvalue weighted by Gasteiger charge is -2.38. The zero-order valence-electron chi connectivity index (χ0n) is 16.0. The van der Waals surface area contributed by atoms with Crippen LogP contribution in [0.2, 0.25) is 0 Å². The zero-order valence-corrected chi connectivity index (χ0v) is 17.6. The van der Waals surface area contributed by atoms with Crippen molar-refractivity contribution in [2.24, 2.45) is 5.92 Å². The van der Waals surface area contributed by atoms with E-state index in [0.29, 0.717) is 23.7 Å². The summed E-state index contributed by atoms with van der Waals surface area (Å²) in [5.74, 6) is 0.255. The maximum absolute atomic E-state index is 11.5. The van der Waals surface area contributed by atoms with E-state index >= 15 is 0 Å². The van der Waals surface area contributed by atoms with Gasteiger partial charge >= 0.3 is 5.97 Å². The number of nitriles is 1. The predicted octanol–water partition coefficient (Wildman–Crippen LogP) is 4.12. The number of hydrogen-bond acceptors (Lipinski definition) is 6. The lowest BCUT2D eigenvalue weighted by atomic mass is 9.88. The van der Waals surface area contributed by atoms with Gasteiger partial charge in [0, 0.05) is 35.6 Å². The Morgan fingerprint density at radius 3 is 2.72 bits per heavy atom. The van der Waals surface area contributed by atoms with Gasteiger partial charge in [-0.3, -0.25) is 9.69 Å². The van der Waals surface area contributed by atoms with E-state index in [1.165, 1.54) is 0 Å². The second kappa shape index (κ2) is 7.29. The van der Waals surface area contributed by atoms with Gasteiger partial charge in [0.05, 0.1) is 16.6 Å². The number of carbonyl (C=O) groups is 1. The molecule has 0 spiro atoms. The molecule has 0 aromatic carbocycles. The van der Waals surface area contributed by atoms with E-state index in [1.807, 2.05) is 6.07 Å². The molecule has 2 aromatic heterocycles. The van der Waals surface area contributed by atoms with Crippen molar-refractivity contribution < 1.29 is 14.3 Å². The maximum atomic E-state index is 11.5.